The van der Waals surface area contributed by atoms with Crippen LogP contribution in [0.15, 0.2) is 42.6 Å². The fourth-order valence-electron chi connectivity index (χ4n) is 2.04. The quantitative estimate of drug-likeness (QED) is 0.761. The van der Waals surface area contributed by atoms with E-state index in [1.54, 1.807) is 19.2 Å². The average Bonchev–Trinajstić information content (AvgIpc) is 2.78. The number of aromatic carboxylic acids is 1. The van der Waals surface area contributed by atoms with Gasteiger partial charge in [0.15, 0.2) is 5.65 Å². The van der Waals surface area contributed by atoms with E-state index in [0.717, 1.165) is 11.1 Å². The molecule has 3 aromatic rings. The molecule has 19 heavy (non-hydrogen) atoms. The zero-order valence-electron chi connectivity index (χ0n) is 10.2. The minimum Gasteiger partial charge on any atom is -0.478 e. The standard InChI is InChI=1S/C14H11N3O2/c1-9-15-13-12(14(18)19)7-11(8-17(13)16-9)10-5-3-2-4-6-10/h2-8H,1H3,(H,18,19). The topological polar surface area (TPSA) is 67.5 Å². The number of rotatable bonds is 2. The molecule has 0 atom stereocenters. The first-order valence-electron chi connectivity index (χ1n) is 5.81. The zero-order chi connectivity index (χ0) is 13.4. The molecular weight excluding hydrogens is 242 g/mol. The van der Waals surface area contributed by atoms with Gasteiger partial charge in [0.2, 0.25) is 0 Å². The fraction of sp³-hybridized carbons (Fsp3) is 0.0714. The van der Waals surface area contributed by atoms with Crippen molar-refractivity contribution in [3.8, 4) is 11.1 Å². The molecule has 0 radical (unpaired) electrons. The first-order valence-corrected chi connectivity index (χ1v) is 5.81. The molecule has 0 spiro atoms. The molecule has 0 aliphatic carbocycles. The summed E-state index contributed by atoms with van der Waals surface area (Å²) in [6.07, 6.45) is 1.79. The predicted molar refractivity (Wildman–Crippen MR) is 70.1 cm³/mol. The van der Waals surface area contributed by atoms with Crippen molar-refractivity contribution in [2.45, 2.75) is 6.92 Å². The third kappa shape index (κ3) is 1.95. The van der Waals surface area contributed by atoms with Crippen molar-refractivity contribution >= 4 is 11.6 Å². The highest BCUT2D eigenvalue weighted by molar-refractivity contribution is 5.95. The third-order valence-corrected chi connectivity index (χ3v) is 2.88. The van der Waals surface area contributed by atoms with Gasteiger partial charge in [0, 0.05) is 11.8 Å². The highest BCUT2D eigenvalue weighted by Crippen LogP contribution is 2.22. The number of hydrogen-bond acceptors (Lipinski definition) is 3. The molecule has 0 unspecified atom stereocenters. The van der Waals surface area contributed by atoms with Crippen molar-refractivity contribution in [2.75, 3.05) is 0 Å². The first kappa shape index (κ1) is 11.4. The van der Waals surface area contributed by atoms with Gasteiger partial charge in [-0.25, -0.2) is 14.3 Å². The molecule has 0 fully saturated rings. The minimum atomic E-state index is -1.00. The highest BCUT2D eigenvalue weighted by Gasteiger charge is 2.14. The van der Waals surface area contributed by atoms with Crippen LogP contribution in [-0.4, -0.2) is 25.7 Å². The minimum absolute atomic E-state index is 0.155. The SMILES string of the molecule is Cc1nc2c(C(=O)O)cc(-c3ccccc3)cn2n1. The number of fused-ring (bicyclic) bond motifs is 1. The van der Waals surface area contributed by atoms with Crippen LogP contribution in [0, 0.1) is 6.92 Å². The fourth-order valence-corrected chi connectivity index (χ4v) is 2.04. The van der Waals surface area contributed by atoms with Gasteiger partial charge in [-0.05, 0) is 18.6 Å². The summed E-state index contributed by atoms with van der Waals surface area (Å²) < 4.78 is 1.52. The van der Waals surface area contributed by atoms with Gasteiger partial charge in [-0.2, -0.15) is 5.10 Å². The number of aryl methyl sites for hydroxylation is 1. The van der Waals surface area contributed by atoms with Crippen LogP contribution in [0.3, 0.4) is 0 Å². The van der Waals surface area contributed by atoms with E-state index in [4.69, 9.17) is 0 Å². The molecule has 2 heterocycles. The number of carbonyl (C=O) groups is 1. The van der Waals surface area contributed by atoms with Crippen LogP contribution in [0.4, 0.5) is 0 Å². The van der Waals surface area contributed by atoms with Crippen LogP contribution in [0.2, 0.25) is 0 Å². The molecule has 1 aromatic carbocycles. The summed E-state index contributed by atoms with van der Waals surface area (Å²) in [4.78, 5) is 15.5. The monoisotopic (exact) mass is 253 g/mol. The summed E-state index contributed by atoms with van der Waals surface area (Å²) in [6, 6.07) is 11.2. The van der Waals surface area contributed by atoms with Gasteiger partial charge in [-0.15, -0.1) is 0 Å². The van der Waals surface area contributed by atoms with E-state index in [9.17, 15) is 9.90 Å². The summed E-state index contributed by atoms with van der Waals surface area (Å²) >= 11 is 0. The van der Waals surface area contributed by atoms with E-state index in [1.165, 1.54) is 4.52 Å². The maximum Gasteiger partial charge on any atom is 0.339 e. The van der Waals surface area contributed by atoms with E-state index in [2.05, 4.69) is 10.1 Å². The average molecular weight is 253 g/mol. The van der Waals surface area contributed by atoms with Crippen LogP contribution in [-0.2, 0) is 0 Å². The number of carboxylic acids is 1. The van der Waals surface area contributed by atoms with E-state index in [1.807, 2.05) is 30.3 Å². The summed E-state index contributed by atoms with van der Waals surface area (Å²) in [5.74, 6) is -0.456. The highest BCUT2D eigenvalue weighted by atomic mass is 16.4. The van der Waals surface area contributed by atoms with E-state index >= 15 is 0 Å². The molecule has 5 heteroatoms. The Morgan fingerprint density at radius 3 is 2.63 bits per heavy atom. The molecule has 0 aliphatic rings. The maximum absolute atomic E-state index is 11.3. The Kier molecular flexibility index (Phi) is 2.52. The summed E-state index contributed by atoms with van der Waals surface area (Å²) in [7, 11) is 0. The lowest BCUT2D eigenvalue weighted by Crippen LogP contribution is -2.02. The van der Waals surface area contributed by atoms with Crippen molar-refractivity contribution in [1.29, 1.82) is 0 Å². The van der Waals surface area contributed by atoms with Gasteiger partial charge < -0.3 is 5.11 Å². The van der Waals surface area contributed by atoms with Crippen molar-refractivity contribution in [3.05, 3.63) is 54.0 Å². The Morgan fingerprint density at radius 2 is 1.95 bits per heavy atom. The van der Waals surface area contributed by atoms with Crippen LogP contribution >= 0.6 is 0 Å². The maximum atomic E-state index is 11.3. The van der Waals surface area contributed by atoms with E-state index in [-0.39, 0.29) is 5.56 Å². The normalized spacial score (nSPS) is 10.8. The third-order valence-electron chi connectivity index (χ3n) is 2.88. The van der Waals surface area contributed by atoms with Crippen molar-refractivity contribution < 1.29 is 9.90 Å². The Bertz CT molecular complexity index is 763. The van der Waals surface area contributed by atoms with Gasteiger partial charge in [0.1, 0.15) is 11.4 Å². The molecule has 94 valence electrons. The van der Waals surface area contributed by atoms with Crippen molar-refractivity contribution in [1.82, 2.24) is 14.6 Å². The van der Waals surface area contributed by atoms with Crippen molar-refractivity contribution in [3.63, 3.8) is 0 Å². The second kappa shape index (κ2) is 4.20. The molecule has 1 N–H and O–H groups in total. The molecule has 0 amide bonds. The molecule has 5 nitrogen and oxygen atoms in total. The van der Waals surface area contributed by atoms with Gasteiger partial charge >= 0.3 is 5.97 Å². The van der Waals surface area contributed by atoms with E-state index in [0.29, 0.717) is 11.5 Å². The second-order valence-corrected chi connectivity index (χ2v) is 4.24. The number of hydrogen-bond donors (Lipinski definition) is 1. The van der Waals surface area contributed by atoms with Gasteiger partial charge in [0.05, 0.1) is 0 Å². The number of nitrogens with zero attached hydrogens (tertiary/aromatic N) is 3. The number of benzene rings is 1. The van der Waals surface area contributed by atoms with Gasteiger partial charge in [-0.1, -0.05) is 30.3 Å². The molecule has 0 saturated heterocycles. The molecule has 2 aromatic heterocycles. The summed E-state index contributed by atoms with van der Waals surface area (Å²) in [5.41, 5.74) is 2.27. The molecule has 0 bridgehead atoms. The summed E-state index contributed by atoms with van der Waals surface area (Å²) in [6.45, 7) is 1.74. The van der Waals surface area contributed by atoms with Gasteiger partial charge in [0.25, 0.3) is 0 Å². The van der Waals surface area contributed by atoms with Crippen LogP contribution in [0.1, 0.15) is 16.2 Å². The molecular formula is C14H11N3O2. The number of pyridine rings is 1. The van der Waals surface area contributed by atoms with Crippen LogP contribution in [0.5, 0.6) is 0 Å². The summed E-state index contributed by atoms with van der Waals surface area (Å²) in [5, 5.41) is 13.5. The van der Waals surface area contributed by atoms with Crippen LogP contribution < -0.4 is 0 Å². The Labute approximate surface area is 109 Å². The number of carboxylic acid groups (broad SMARTS) is 1. The largest absolute Gasteiger partial charge is 0.478 e. The number of aromatic nitrogens is 3. The smallest absolute Gasteiger partial charge is 0.339 e. The Morgan fingerprint density at radius 1 is 1.21 bits per heavy atom. The second-order valence-electron chi connectivity index (χ2n) is 4.24. The van der Waals surface area contributed by atoms with E-state index < -0.39 is 5.97 Å². The lowest BCUT2D eigenvalue weighted by atomic mass is 10.1. The molecule has 3 rings (SSSR count). The lowest BCUT2D eigenvalue weighted by molar-refractivity contribution is 0.0698. The van der Waals surface area contributed by atoms with Crippen LogP contribution in [0.25, 0.3) is 16.8 Å². The lowest BCUT2D eigenvalue weighted by Gasteiger charge is -2.04. The predicted octanol–water partition coefficient (Wildman–Crippen LogP) is 2.40. The van der Waals surface area contributed by atoms with Gasteiger partial charge in [-0.3, -0.25) is 0 Å². The molecule has 0 aliphatic heterocycles. The first-order chi connectivity index (χ1) is 9.15. The Hall–Kier alpha value is -2.69. The zero-order valence-corrected chi connectivity index (χ0v) is 10.2. The molecule has 0 saturated carbocycles. The Balaban J connectivity index is 2.30. The van der Waals surface area contributed by atoms with Crippen molar-refractivity contribution in [2.24, 2.45) is 0 Å².